The van der Waals surface area contributed by atoms with Crippen LogP contribution in [0.3, 0.4) is 0 Å². The molecule has 1 aromatic rings. The Labute approximate surface area is 177 Å². The number of rotatable bonds is 10. The molecule has 0 spiro atoms. The lowest BCUT2D eigenvalue weighted by Gasteiger charge is -2.51. The largest absolute Gasteiger partial charge is 0.468 e. The number of hydrogen-bond donors (Lipinski definition) is 0. The average molecular weight is 440 g/mol. The van der Waals surface area contributed by atoms with Crippen molar-refractivity contribution in [3.63, 3.8) is 0 Å². The Morgan fingerprint density at radius 3 is 2.31 bits per heavy atom. The van der Waals surface area contributed by atoms with Crippen LogP contribution in [0.25, 0.3) is 0 Å². The smallest absolute Gasteiger partial charge is 0.323 e. The fourth-order valence-electron chi connectivity index (χ4n) is 3.85. The van der Waals surface area contributed by atoms with Crippen LogP contribution in [0.15, 0.2) is 30.3 Å². The van der Waals surface area contributed by atoms with Crippen molar-refractivity contribution in [3.8, 4) is 0 Å². The Morgan fingerprint density at radius 1 is 1.14 bits per heavy atom. The van der Waals surface area contributed by atoms with Crippen LogP contribution in [0, 0.1) is 5.41 Å². The summed E-state index contributed by atoms with van der Waals surface area (Å²) < 4.78 is 23.2. The molecule has 9 heteroatoms. The summed E-state index contributed by atoms with van der Waals surface area (Å²) in [5.74, 6) is -2.07. The van der Waals surface area contributed by atoms with Crippen molar-refractivity contribution in [2.24, 2.45) is 5.41 Å². The van der Waals surface area contributed by atoms with Crippen molar-refractivity contribution in [3.05, 3.63) is 35.9 Å². The highest BCUT2D eigenvalue weighted by Crippen LogP contribution is 2.43. The molecule has 1 aliphatic heterocycles. The van der Waals surface area contributed by atoms with Gasteiger partial charge in [0.15, 0.2) is 19.5 Å². The summed E-state index contributed by atoms with van der Waals surface area (Å²) in [6.07, 6.45) is 1.45. The van der Waals surface area contributed by atoms with Crippen LogP contribution in [0.1, 0.15) is 32.3 Å². The van der Waals surface area contributed by atoms with Gasteiger partial charge >= 0.3 is 11.9 Å². The maximum Gasteiger partial charge on any atom is 0.323 e. The fraction of sp³-hybridized carbons (Fsp3) is 0.600. The van der Waals surface area contributed by atoms with Gasteiger partial charge in [0.25, 0.3) is 0 Å². The van der Waals surface area contributed by atoms with E-state index < -0.39 is 42.9 Å². The van der Waals surface area contributed by atoms with Gasteiger partial charge in [-0.2, -0.15) is 0 Å². The summed E-state index contributed by atoms with van der Waals surface area (Å²) in [4.78, 5) is 27.5. The molecule has 1 aliphatic rings. The van der Waals surface area contributed by atoms with E-state index in [9.17, 15) is 9.59 Å². The van der Waals surface area contributed by atoms with Gasteiger partial charge < -0.3 is 18.3 Å². The fourth-order valence-corrected chi connectivity index (χ4v) is 6.02. The van der Waals surface area contributed by atoms with Crippen LogP contribution in [0.2, 0.25) is 13.1 Å². The molecule has 162 valence electrons. The van der Waals surface area contributed by atoms with Crippen molar-refractivity contribution >= 4 is 31.5 Å². The minimum Gasteiger partial charge on any atom is -0.468 e. The molecule has 0 N–H and O–H groups in total. The molecule has 1 aromatic carbocycles. The minimum atomic E-state index is -1.32. The highest BCUT2D eigenvalue weighted by Gasteiger charge is 2.60. The zero-order valence-electron chi connectivity index (χ0n) is 18.1. The molecule has 1 saturated heterocycles. The van der Waals surface area contributed by atoms with E-state index in [1.54, 1.807) is 13.8 Å². The van der Waals surface area contributed by atoms with Crippen molar-refractivity contribution in [1.29, 1.82) is 0 Å². The summed E-state index contributed by atoms with van der Waals surface area (Å²) in [7, 11) is -0.577. The predicted octanol–water partition coefficient (Wildman–Crippen LogP) is 1.34. The molecule has 0 aromatic heterocycles. The van der Waals surface area contributed by atoms with E-state index >= 15 is 0 Å². The van der Waals surface area contributed by atoms with E-state index in [0.29, 0.717) is 13.0 Å². The molecule has 1 atom stereocenters. The zero-order chi connectivity index (χ0) is 21.5. The predicted molar refractivity (Wildman–Crippen MR) is 115 cm³/mol. The van der Waals surface area contributed by atoms with E-state index in [4.69, 9.17) is 18.3 Å². The molecule has 0 bridgehead atoms. The highest BCUT2D eigenvalue weighted by atomic mass is 28.2. The van der Waals surface area contributed by atoms with Gasteiger partial charge in [0.2, 0.25) is 5.91 Å². The summed E-state index contributed by atoms with van der Waals surface area (Å²) in [5, 5.41) is 0. The van der Waals surface area contributed by atoms with Crippen LogP contribution in [0.4, 0.5) is 0 Å². The van der Waals surface area contributed by atoms with Gasteiger partial charge in [0.05, 0.1) is 7.11 Å². The first-order valence-electron chi connectivity index (χ1n) is 10.2. The number of likely N-dealkylation sites (tertiary alicyclic amines) is 1. The molecule has 2 rings (SSSR count). The van der Waals surface area contributed by atoms with E-state index in [0.717, 1.165) is 12.0 Å². The number of ether oxygens (including phenoxy) is 2. The zero-order valence-corrected chi connectivity index (χ0v) is 20.9. The van der Waals surface area contributed by atoms with E-state index in [1.807, 2.05) is 48.3 Å². The first-order chi connectivity index (χ1) is 13.8. The van der Waals surface area contributed by atoms with Gasteiger partial charge in [-0.25, -0.2) is 4.90 Å². The molecule has 1 fully saturated rings. The Hall–Kier alpha value is -1.53. The molecule has 0 radical (unpaired) electrons. The van der Waals surface area contributed by atoms with E-state index in [2.05, 4.69) is 0 Å². The molecule has 29 heavy (non-hydrogen) atoms. The van der Waals surface area contributed by atoms with Crippen LogP contribution in [-0.2, 0) is 34.5 Å². The summed E-state index contributed by atoms with van der Waals surface area (Å²) >= 11 is 0. The second-order valence-electron chi connectivity index (χ2n) is 7.51. The third kappa shape index (κ3) is 4.97. The van der Waals surface area contributed by atoms with Gasteiger partial charge in [-0.05, 0) is 32.3 Å². The monoisotopic (exact) mass is 439 g/mol. The third-order valence-corrected chi connectivity index (χ3v) is 6.66. The quantitative estimate of drug-likeness (QED) is 0.309. The van der Waals surface area contributed by atoms with Crippen LogP contribution < -0.4 is 0 Å². The molecular formula is C20H33NO6Si2. The molecule has 1 heterocycles. The lowest BCUT2D eigenvalue weighted by molar-refractivity contribution is -0.290. The summed E-state index contributed by atoms with van der Waals surface area (Å²) in [6, 6.07) is 9.04. The second-order valence-corrected chi connectivity index (χ2v) is 9.24. The second kappa shape index (κ2) is 10.5. The number of carbonyl (C=O) groups excluding carboxylic acids is 2. The SMILES string of the molecule is COC(=O)C1CCCN1C(O[SiH2]C)(O[SiH2]C)C(C)(C)C(=O)OCc1ccccc1. The maximum absolute atomic E-state index is 13.2. The summed E-state index contributed by atoms with van der Waals surface area (Å²) in [5.41, 5.74) is -0.225. The molecule has 0 amide bonds. The molecule has 0 aliphatic carbocycles. The molecule has 1 unspecified atom stereocenters. The third-order valence-electron chi connectivity index (χ3n) is 5.30. The Kier molecular flexibility index (Phi) is 8.59. The van der Waals surface area contributed by atoms with Crippen LogP contribution >= 0.6 is 0 Å². The van der Waals surface area contributed by atoms with Crippen LogP contribution in [-0.4, -0.2) is 62.0 Å². The Morgan fingerprint density at radius 2 is 1.76 bits per heavy atom. The number of nitrogens with zero attached hydrogens (tertiary/aromatic N) is 1. The van der Waals surface area contributed by atoms with Gasteiger partial charge in [0.1, 0.15) is 18.1 Å². The normalized spacial score (nSPS) is 20.4. The lowest BCUT2D eigenvalue weighted by atomic mass is 9.87. The van der Waals surface area contributed by atoms with Gasteiger partial charge in [-0.1, -0.05) is 43.4 Å². The topological polar surface area (TPSA) is 74.3 Å². The summed E-state index contributed by atoms with van der Waals surface area (Å²) in [6.45, 7) is 8.31. The van der Waals surface area contributed by atoms with Gasteiger partial charge in [-0.15, -0.1) is 0 Å². The van der Waals surface area contributed by atoms with Crippen molar-refractivity contribution < 1.29 is 27.9 Å². The Balaban J connectivity index is 2.35. The van der Waals surface area contributed by atoms with Gasteiger partial charge in [-0.3, -0.25) is 9.59 Å². The number of esters is 2. The standard InChI is InChI=1S/C20H33NO6Si2/c1-19(2,18(23)25-14-15-10-7-6-8-11-15)20(26-28-4,27-29-5)21-13-9-12-16(21)17(22)24-3/h6-8,10-11,16H,9,12-14,28-29H2,1-5H3. The molecule has 0 saturated carbocycles. The number of carbonyl (C=O) groups is 2. The van der Waals surface area contributed by atoms with E-state index in [1.165, 1.54) is 7.11 Å². The molecular weight excluding hydrogens is 406 g/mol. The Bertz CT molecular complexity index is 679. The van der Waals surface area contributed by atoms with Crippen molar-refractivity contribution in [1.82, 2.24) is 4.90 Å². The first-order valence-corrected chi connectivity index (χ1v) is 14.2. The first kappa shape index (κ1) is 23.7. The average Bonchev–Trinajstić information content (AvgIpc) is 3.22. The van der Waals surface area contributed by atoms with E-state index in [-0.39, 0.29) is 12.6 Å². The van der Waals surface area contributed by atoms with Gasteiger partial charge in [0, 0.05) is 6.54 Å². The number of methoxy groups -OCH3 is 1. The van der Waals surface area contributed by atoms with Crippen LogP contribution in [0.5, 0.6) is 0 Å². The lowest BCUT2D eigenvalue weighted by Crippen LogP contribution is -2.67. The number of hydrogen-bond acceptors (Lipinski definition) is 7. The van der Waals surface area contributed by atoms with Crippen molar-refractivity contribution in [2.75, 3.05) is 13.7 Å². The maximum atomic E-state index is 13.2. The van der Waals surface area contributed by atoms with Crippen molar-refractivity contribution in [2.45, 2.75) is 58.3 Å². The highest BCUT2D eigenvalue weighted by molar-refractivity contribution is 6.26. The number of benzene rings is 1. The minimum absolute atomic E-state index is 0.173. The molecule has 7 nitrogen and oxygen atoms in total.